The van der Waals surface area contributed by atoms with Crippen LogP contribution in [-0.4, -0.2) is 51.4 Å². The van der Waals surface area contributed by atoms with Crippen LogP contribution < -0.4 is 4.90 Å². The third-order valence-electron chi connectivity index (χ3n) is 7.45. The van der Waals surface area contributed by atoms with Crippen molar-refractivity contribution in [3.05, 3.63) is 64.0 Å². The lowest BCUT2D eigenvalue weighted by Gasteiger charge is -2.39. The fourth-order valence-corrected chi connectivity index (χ4v) is 8.14. The number of para-hydroxylation sites is 1. The molecule has 5 rings (SSSR count). The Morgan fingerprint density at radius 1 is 1.13 bits per heavy atom. The molecule has 2 heterocycles. The zero-order chi connectivity index (χ0) is 27.9. The largest absolute Gasteiger partial charge is 0.465 e. The second-order valence-corrected chi connectivity index (χ2v) is 13.3. The first-order valence-electron chi connectivity index (χ1n) is 12.6. The number of fused-ring (bicyclic) bond motifs is 1. The van der Waals surface area contributed by atoms with E-state index < -0.39 is 22.0 Å². The number of ether oxygens (including phenoxy) is 2. The van der Waals surface area contributed by atoms with Crippen molar-refractivity contribution in [2.24, 2.45) is 5.92 Å². The number of likely N-dealkylation sites (N-methyl/N-ethyl adjacent to an activating group) is 1. The molecule has 0 N–H and O–H groups in total. The van der Waals surface area contributed by atoms with Gasteiger partial charge in [-0.1, -0.05) is 36.2 Å². The van der Waals surface area contributed by atoms with E-state index >= 15 is 0 Å². The van der Waals surface area contributed by atoms with Crippen molar-refractivity contribution in [1.82, 2.24) is 4.31 Å². The molecule has 0 unspecified atom stereocenters. The van der Waals surface area contributed by atoms with Gasteiger partial charge in [0.2, 0.25) is 10.0 Å². The lowest BCUT2D eigenvalue weighted by molar-refractivity contribution is -0.142. The number of methoxy groups -OCH3 is 1. The van der Waals surface area contributed by atoms with Gasteiger partial charge in [0.05, 0.1) is 28.3 Å². The Morgan fingerprint density at radius 2 is 1.85 bits per heavy atom. The van der Waals surface area contributed by atoms with E-state index in [1.54, 1.807) is 25.2 Å². The maximum absolute atomic E-state index is 14.1. The molecule has 2 aromatic carbocycles. The highest BCUT2D eigenvalue weighted by Crippen LogP contribution is 2.47. The highest BCUT2D eigenvalue weighted by atomic mass is 35.5. The Morgan fingerprint density at radius 3 is 2.46 bits per heavy atom. The number of thiophene rings is 1. The number of hydrogen-bond donors (Lipinski definition) is 0. The van der Waals surface area contributed by atoms with Gasteiger partial charge in [0.1, 0.15) is 11.5 Å². The molecule has 206 valence electrons. The molecule has 1 aliphatic carbocycles. The third-order valence-corrected chi connectivity index (χ3v) is 10.8. The van der Waals surface area contributed by atoms with Crippen molar-refractivity contribution < 1.29 is 27.5 Å². The molecule has 3 aromatic rings. The molecule has 8 nitrogen and oxygen atoms in total. The number of benzene rings is 2. The SMILES string of the molecule is COC(=O)c1cc(COC(C)=O)sc1-c1cc2c(cc1Cl)N(c1ccccc1)C[C@@H](C1CCC1)N(C)S2(=O)=O. The standard InChI is InChI=1S/C28H29ClN2O6S2/c1-17(32)37-16-20-12-22(28(33)36-3)27(38-20)21-13-26-24(14-23(21)29)31(19-10-5-4-6-11-19)15-25(18-8-7-9-18)30(2)39(26,34)35/h4-6,10-14,18,25H,7-9,15-16H2,1-3H3/t25-/m0/s1. The van der Waals surface area contributed by atoms with Gasteiger partial charge in [-0.25, -0.2) is 13.2 Å². The Kier molecular flexibility index (Phi) is 7.74. The molecule has 0 bridgehead atoms. The third kappa shape index (κ3) is 5.18. The number of nitrogens with zero attached hydrogens (tertiary/aromatic N) is 2. The normalized spacial score (nSPS) is 19.1. The van der Waals surface area contributed by atoms with Crippen LogP contribution in [0, 0.1) is 5.92 Å². The van der Waals surface area contributed by atoms with Gasteiger partial charge in [-0.15, -0.1) is 11.3 Å². The Labute approximate surface area is 237 Å². The predicted molar refractivity (Wildman–Crippen MR) is 151 cm³/mol. The molecule has 1 aliphatic heterocycles. The van der Waals surface area contributed by atoms with Crippen LogP contribution in [-0.2, 0) is 30.9 Å². The maximum atomic E-state index is 14.1. The summed E-state index contributed by atoms with van der Waals surface area (Å²) >= 11 is 8.06. The minimum atomic E-state index is -3.92. The molecule has 0 amide bonds. The number of rotatable bonds is 6. The van der Waals surface area contributed by atoms with Crippen LogP contribution in [0.15, 0.2) is 53.4 Å². The molecule has 0 spiro atoms. The summed E-state index contributed by atoms with van der Waals surface area (Å²) in [6.07, 6.45) is 3.06. The van der Waals surface area contributed by atoms with E-state index in [0.29, 0.717) is 32.6 Å². The minimum Gasteiger partial charge on any atom is -0.465 e. The number of sulfonamides is 1. The van der Waals surface area contributed by atoms with E-state index in [9.17, 15) is 18.0 Å². The molecule has 2 aliphatic rings. The lowest BCUT2D eigenvalue weighted by atomic mass is 9.79. The van der Waals surface area contributed by atoms with E-state index in [0.717, 1.165) is 24.9 Å². The Bertz CT molecular complexity index is 1520. The molecule has 0 saturated heterocycles. The van der Waals surface area contributed by atoms with Crippen LogP contribution in [0.1, 0.15) is 41.4 Å². The fourth-order valence-electron chi connectivity index (χ4n) is 5.14. The fraction of sp³-hybridized carbons (Fsp3) is 0.357. The van der Waals surface area contributed by atoms with Crippen molar-refractivity contribution >= 4 is 56.3 Å². The summed E-state index contributed by atoms with van der Waals surface area (Å²) < 4.78 is 39.8. The van der Waals surface area contributed by atoms with E-state index in [4.69, 9.17) is 21.1 Å². The van der Waals surface area contributed by atoms with Gasteiger partial charge in [-0.05, 0) is 49.1 Å². The van der Waals surface area contributed by atoms with Crippen LogP contribution in [0.2, 0.25) is 5.02 Å². The van der Waals surface area contributed by atoms with E-state index in [-0.39, 0.29) is 29.0 Å². The summed E-state index contributed by atoms with van der Waals surface area (Å²) in [5.74, 6) is -0.784. The summed E-state index contributed by atoms with van der Waals surface area (Å²) in [6.45, 7) is 1.76. The smallest absolute Gasteiger partial charge is 0.339 e. The monoisotopic (exact) mass is 588 g/mol. The van der Waals surface area contributed by atoms with E-state index in [1.807, 2.05) is 35.2 Å². The van der Waals surface area contributed by atoms with Crippen LogP contribution in [0.4, 0.5) is 11.4 Å². The number of carbonyl (C=O) groups excluding carboxylic acids is 2. The first kappa shape index (κ1) is 27.6. The number of halogens is 1. The first-order chi connectivity index (χ1) is 18.6. The number of anilines is 2. The molecular weight excluding hydrogens is 560 g/mol. The average molecular weight is 589 g/mol. The minimum absolute atomic E-state index is 0.0293. The van der Waals surface area contributed by atoms with Crippen molar-refractivity contribution in [3.63, 3.8) is 0 Å². The molecular formula is C28H29ClN2O6S2. The van der Waals surface area contributed by atoms with Gasteiger partial charge in [-0.2, -0.15) is 4.31 Å². The average Bonchev–Trinajstić information content (AvgIpc) is 3.29. The number of carbonyl (C=O) groups is 2. The highest BCUT2D eigenvalue weighted by Gasteiger charge is 2.42. The molecule has 11 heteroatoms. The topological polar surface area (TPSA) is 93.2 Å². The van der Waals surface area contributed by atoms with Gasteiger partial charge in [0.15, 0.2) is 0 Å². The lowest BCUT2D eigenvalue weighted by Crippen LogP contribution is -2.47. The summed E-state index contributed by atoms with van der Waals surface area (Å²) in [5, 5.41) is 0.292. The zero-order valence-corrected chi connectivity index (χ0v) is 24.2. The molecule has 1 atom stereocenters. The molecule has 1 aromatic heterocycles. The second kappa shape index (κ2) is 10.9. The highest BCUT2D eigenvalue weighted by molar-refractivity contribution is 7.89. The van der Waals surface area contributed by atoms with Gasteiger partial charge in [0, 0.05) is 42.7 Å². The van der Waals surface area contributed by atoms with E-state index in [1.165, 1.54) is 29.7 Å². The first-order valence-corrected chi connectivity index (χ1v) is 15.2. The summed E-state index contributed by atoms with van der Waals surface area (Å²) in [7, 11) is -1.00. The quantitative estimate of drug-likeness (QED) is 0.333. The maximum Gasteiger partial charge on any atom is 0.339 e. The van der Waals surface area contributed by atoms with Crippen LogP contribution in [0.3, 0.4) is 0 Å². The Balaban J connectivity index is 1.70. The van der Waals surface area contributed by atoms with Crippen molar-refractivity contribution in [1.29, 1.82) is 0 Å². The van der Waals surface area contributed by atoms with Crippen molar-refractivity contribution in [3.8, 4) is 10.4 Å². The van der Waals surface area contributed by atoms with Gasteiger partial charge >= 0.3 is 11.9 Å². The summed E-state index contributed by atoms with van der Waals surface area (Å²) in [4.78, 5) is 27.2. The van der Waals surface area contributed by atoms with Gasteiger partial charge in [0.25, 0.3) is 0 Å². The van der Waals surface area contributed by atoms with Crippen molar-refractivity contribution in [2.75, 3.05) is 25.6 Å². The molecule has 39 heavy (non-hydrogen) atoms. The zero-order valence-electron chi connectivity index (χ0n) is 21.8. The van der Waals surface area contributed by atoms with Crippen LogP contribution >= 0.6 is 22.9 Å². The Hall–Kier alpha value is -2.92. The van der Waals surface area contributed by atoms with Crippen molar-refractivity contribution in [2.45, 2.75) is 43.7 Å². The van der Waals surface area contributed by atoms with E-state index in [2.05, 4.69) is 0 Å². The number of hydrogen-bond acceptors (Lipinski definition) is 8. The summed E-state index contributed by atoms with van der Waals surface area (Å²) in [5.41, 5.74) is 1.97. The van der Waals surface area contributed by atoms with Gasteiger partial charge < -0.3 is 14.4 Å². The molecule has 1 fully saturated rings. The van der Waals surface area contributed by atoms with Gasteiger partial charge in [-0.3, -0.25) is 4.79 Å². The second-order valence-electron chi connectivity index (χ2n) is 9.75. The molecule has 1 saturated carbocycles. The molecule has 0 radical (unpaired) electrons. The van der Waals surface area contributed by atoms with Crippen LogP contribution in [0.25, 0.3) is 10.4 Å². The van der Waals surface area contributed by atoms with Crippen LogP contribution in [0.5, 0.6) is 0 Å². The predicted octanol–water partition coefficient (Wildman–Crippen LogP) is 5.86. The summed E-state index contributed by atoms with van der Waals surface area (Å²) in [6, 6.07) is 14.3. The number of esters is 2.